The van der Waals surface area contributed by atoms with E-state index < -0.39 is 20.6 Å². The predicted molar refractivity (Wildman–Crippen MR) is 117 cm³/mol. The van der Waals surface area contributed by atoms with Gasteiger partial charge in [-0.1, -0.05) is 30.3 Å². The van der Waals surface area contributed by atoms with Gasteiger partial charge in [0.15, 0.2) is 0 Å². The Hall–Kier alpha value is -3.39. The highest BCUT2D eigenvalue weighted by Crippen LogP contribution is 2.34. The number of rotatable bonds is 2. The first kappa shape index (κ1) is 9.70. The lowest BCUT2D eigenvalue weighted by Gasteiger charge is -2.08. The first-order valence-corrected chi connectivity index (χ1v) is 8.81. The summed E-state index contributed by atoms with van der Waals surface area (Å²) >= 11 is 0. The van der Waals surface area contributed by atoms with E-state index >= 15 is 0 Å². The maximum absolute atomic E-state index is 8.08. The lowest BCUT2D eigenvalue weighted by molar-refractivity contribution is 0.668. The van der Waals surface area contributed by atoms with Crippen LogP contribution in [-0.4, -0.2) is 4.98 Å². The molecule has 28 heavy (non-hydrogen) atoms. The van der Waals surface area contributed by atoms with Crippen LogP contribution in [0.25, 0.3) is 44.3 Å². The Morgan fingerprint density at radius 2 is 1.50 bits per heavy atom. The lowest BCUT2D eigenvalue weighted by atomic mass is 9.99. The van der Waals surface area contributed by atoms with E-state index in [0.717, 1.165) is 5.56 Å². The van der Waals surface area contributed by atoms with Gasteiger partial charge in [-0.25, -0.2) is 0 Å². The molecule has 2 aromatic heterocycles. The average molecular weight is 373 g/mol. The van der Waals surface area contributed by atoms with Crippen molar-refractivity contribution in [2.75, 3.05) is 0 Å². The summed E-state index contributed by atoms with van der Waals surface area (Å²) in [5.41, 5.74) is 2.60. The van der Waals surface area contributed by atoms with Gasteiger partial charge in [-0.3, -0.25) is 4.98 Å². The SMILES string of the molecule is [2H]C([2H])([2H])c1cc(-c2ccc3oc4cc(C([2H])([2H])[2H])c(C([2H])([2H])[2H])cc4c3c2)ncc1-c1ccccc1. The van der Waals surface area contributed by atoms with E-state index in [9.17, 15) is 0 Å². The van der Waals surface area contributed by atoms with Crippen molar-refractivity contribution in [3.8, 4) is 22.4 Å². The van der Waals surface area contributed by atoms with Crippen LogP contribution in [0.15, 0.2) is 77.3 Å². The Kier molecular flexibility index (Phi) is 2.20. The third-order valence-corrected chi connectivity index (χ3v) is 4.89. The summed E-state index contributed by atoms with van der Waals surface area (Å²) in [6.07, 6.45) is 1.54. The normalized spacial score (nSPS) is 17.5. The highest BCUT2D eigenvalue weighted by Gasteiger charge is 2.11. The molecule has 0 saturated carbocycles. The monoisotopic (exact) mass is 372 g/mol. The summed E-state index contributed by atoms with van der Waals surface area (Å²) in [7, 11) is 0. The van der Waals surface area contributed by atoms with Gasteiger partial charge in [0.05, 0.1) is 5.69 Å². The number of nitrogens with zero attached hydrogens (tertiary/aromatic N) is 1. The number of pyridine rings is 1. The largest absolute Gasteiger partial charge is 0.456 e. The number of hydrogen-bond acceptors (Lipinski definition) is 2. The summed E-state index contributed by atoms with van der Waals surface area (Å²) in [5.74, 6) is 0. The Bertz CT molecular complexity index is 1630. The molecule has 136 valence electrons. The van der Waals surface area contributed by atoms with Crippen molar-refractivity contribution in [1.82, 2.24) is 4.98 Å². The fourth-order valence-electron chi connectivity index (χ4n) is 3.44. The molecule has 0 unspecified atom stereocenters. The first-order chi connectivity index (χ1) is 17.2. The maximum atomic E-state index is 8.08. The summed E-state index contributed by atoms with van der Waals surface area (Å²) < 4.78 is 77.1. The van der Waals surface area contributed by atoms with Crippen LogP contribution >= 0.6 is 0 Å². The zero-order valence-corrected chi connectivity index (χ0v) is 14.8. The fraction of sp³-hybridized carbons (Fsp3) is 0.115. The van der Waals surface area contributed by atoms with E-state index in [1.54, 1.807) is 30.5 Å². The van der Waals surface area contributed by atoms with Crippen molar-refractivity contribution in [2.24, 2.45) is 0 Å². The summed E-state index contributed by atoms with van der Waals surface area (Å²) in [4.78, 5) is 4.53. The molecule has 0 aliphatic heterocycles. The average Bonchev–Trinajstić information content (AvgIpc) is 3.19. The van der Waals surface area contributed by atoms with Crippen molar-refractivity contribution >= 4 is 21.9 Å². The topological polar surface area (TPSA) is 26.0 Å². The van der Waals surface area contributed by atoms with Crippen LogP contribution in [0.1, 0.15) is 29.0 Å². The Morgan fingerprint density at radius 3 is 2.32 bits per heavy atom. The van der Waals surface area contributed by atoms with Crippen LogP contribution in [0.4, 0.5) is 0 Å². The van der Waals surface area contributed by atoms with E-state index in [4.69, 9.17) is 16.8 Å². The Labute approximate surface area is 177 Å². The minimum absolute atomic E-state index is 0.160. The molecular weight excluding hydrogens is 342 g/mol. The molecule has 5 rings (SSSR count). The van der Waals surface area contributed by atoms with Gasteiger partial charge >= 0.3 is 0 Å². The quantitative estimate of drug-likeness (QED) is 0.326. The number of fused-ring (bicyclic) bond motifs is 3. The summed E-state index contributed by atoms with van der Waals surface area (Å²) in [6, 6.07) is 18.5. The standard InChI is InChI=1S/C26H21NO/c1-16-11-21-22-14-20(9-10-25(22)28-26(21)13-17(16)2)24-12-18(3)23(15-27-24)19-7-5-4-6-8-19/h4-15H,1-3H3/i1D3,2D3,3D3. The maximum Gasteiger partial charge on any atom is 0.135 e. The van der Waals surface area contributed by atoms with Crippen molar-refractivity contribution in [3.63, 3.8) is 0 Å². The van der Waals surface area contributed by atoms with E-state index in [1.165, 1.54) is 12.1 Å². The molecule has 2 heterocycles. The highest BCUT2D eigenvalue weighted by molar-refractivity contribution is 6.06. The van der Waals surface area contributed by atoms with Gasteiger partial charge in [-0.15, -0.1) is 0 Å². The molecular formula is C26H21NO. The van der Waals surface area contributed by atoms with Crippen molar-refractivity contribution in [3.05, 3.63) is 89.6 Å². The lowest BCUT2D eigenvalue weighted by Crippen LogP contribution is -1.89. The van der Waals surface area contributed by atoms with Gasteiger partial charge in [-0.2, -0.15) is 0 Å². The Balaban J connectivity index is 1.70. The number of furan rings is 1. The van der Waals surface area contributed by atoms with Gasteiger partial charge in [0.2, 0.25) is 0 Å². The molecule has 0 saturated heterocycles. The second-order valence-electron chi connectivity index (χ2n) is 6.69. The molecule has 0 spiro atoms. The van der Waals surface area contributed by atoms with Crippen molar-refractivity contribution in [2.45, 2.75) is 20.6 Å². The van der Waals surface area contributed by atoms with Crippen LogP contribution in [0.2, 0.25) is 0 Å². The van der Waals surface area contributed by atoms with E-state index in [2.05, 4.69) is 4.98 Å². The predicted octanol–water partition coefficient (Wildman–Crippen LogP) is 7.24. The zero-order chi connectivity index (χ0) is 26.8. The van der Waals surface area contributed by atoms with Gasteiger partial charge in [0.25, 0.3) is 0 Å². The molecule has 0 radical (unpaired) electrons. The molecule has 5 aromatic rings. The number of aryl methyl sites for hydroxylation is 3. The van der Waals surface area contributed by atoms with Crippen molar-refractivity contribution in [1.29, 1.82) is 0 Å². The van der Waals surface area contributed by atoms with Gasteiger partial charge in [0, 0.05) is 40.4 Å². The van der Waals surface area contributed by atoms with Crippen LogP contribution in [0.3, 0.4) is 0 Å². The third-order valence-electron chi connectivity index (χ3n) is 4.89. The molecule has 0 aliphatic rings. The number of aromatic nitrogens is 1. The molecule has 2 nitrogen and oxygen atoms in total. The highest BCUT2D eigenvalue weighted by atomic mass is 16.3. The minimum Gasteiger partial charge on any atom is -0.456 e. The summed E-state index contributed by atoms with van der Waals surface area (Å²) in [6.45, 7) is -7.64. The zero-order valence-electron chi connectivity index (χ0n) is 23.8. The van der Waals surface area contributed by atoms with Crippen LogP contribution in [-0.2, 0) is 0 Å². The molecule has 2 heteroatoms. The molecule has 0 fully saturated rings. The third kappa shape index (κ3) is 2.69. The smallest absolute Gasteiger partial charge is 0.135 e. The fourth-order valence-corrected chi connectivity index (χ4v) is 3.44. The van der Waals surface area contributed by atoms with E-state index in [-0.39, 0.29) is 22.3 Å². The number of hydrogen-bond donors (Lipinski definition) is 0. The molecule has 0 atom stereocenters. The van der Waals surface area contributed by atoms with Gasteiger partial charge < -0.3 is 4.42 Å². The minimum atomic E-state index is -2.64. The molecule has 0 N–H and O–H groups in total. The van der Waals surface area contributed by atoms with Crippen LogP contribution in [0.5, 0.6) is 0 Å². The van der Waals surface area contributed by atoms with E-state index in [1.807, 2.05) is 30.3 Å². The number of benzene rings is 3. The molecule has 0 amide bonds. The summed E-state index contributed by atoms with van der Waals surface area (Å²) in [5, 5.41) is 1.02. The first-order valence-electron chi connectivity index (χ1n) is 13.3. The second kappa shape index (κ2) is 6.35. The molecule has 3 aromatic carbocycles. The van der Waals surface area contributed by atoms with Crippen LogP contribution < -0.4 is 0 Å². The molecule has 0 bridgehead atoms. The van der Waals surface area contributed by atoms with Gasteiger partial charge in [-0.05, 0) is 79.2 Å². The van der Waals surface area contributed by atoms with E-state index in [0.29, 0.717) is 33.2 Å². The van der Waals surface area contributed by atoms with Crippen molar-refractivity contribution < 1.29 is 16.8 Å². The Morgan fingerprint density at radius 1 is 0.714 bits per heavy atom. The van der Waals surface area contributed by atoms with Crippen LogP contribution in [0, 0.1) is 20.6 Å². The molecule has 0 aliphatic carbocycles. The second-order valence-corrected chi connectivity index (χ2v) is 6.69. The van der Waals surface area contributed by atoms with Gasteiger partial charge in [0.1, 0.15) is 11.2 Å².